The van der Waals surface area contributed by atoms with Gasteiger partial charge in [0.1, 0.15) is 0 Å². The van der Waals surface area contributed by atoms with Crippen LogP contribution in [0.3, 0.4) is 0 Å². The molecular formula is C15H33O2P. The van der Waals surface area contributed by atoms with E-state index in [1.807, 2.05) is 6.92 Å². The summed E-state index contributed by atoms with van der Waals surface area (Å²) in [4.78, 5) is 10.2. The normalized spacial score (nSPS) is 18.3. The summed E-state index contributed by atoms with van der Waals surface area (Å²) in [6, 6.07) is 0. The molecule has 0 amide bonds. The summed E-state index contributed by atoms with van der Waals surface area (Å²) < 4.78 is 12.3. The van der Waals surface area contributed by atoms with Crippen molar-refractivity contribution in [1.29, 1.82) is 0 Å². The van der Waals surface area contributed by atoms with E-state index in [2.05, 4.69) is 20.8 Å². The lowest BCUT2D eigenvalue weighted by atomic mass is 10.1. The highest BCUT2D eigenvalue weighted by molar-refractivity contribution is 7.58. The van der Waals surface area contributed by atoms with Crippen molar-refractivity contribution in [2.24, 2.45) is 5.92 Å². The molecule has 18 heavy (non-hydrogen) atoms. The molecule has 0 aromatic rings. The zero-order valence-corrected chi connectivity index (χ0v) is 13.7. The summed E-state index contributed by atoms with van der Waals surface area (Å²) >= 11 is 0. The molecule has 0 bridgehead atoms. The van der Waals surface area contributed by atoms with Gasteiger partial charge in [0.2, 0.25) is 7.37 Å². The van der Waals surface area contributed by atoms with Crippen LogP contribution >= 0.6 is 7.37 Å². The van der Waals surface area contributed by atoms with Crippen LogP contribution in [0.25, 0.3) is 0 Å². The largest absolute Gasteiger partial charge is 0.344 e. The Balaban J connectivity index is 3.97. The summed E-state index contributed by atoms with van der Waals surface area (Å²) in [5.74, 6) is 0.388. The number of hydrogen-bond donors (Lipinski definition) is 1. The van der Waals surface area contributed by atoms with Gasteiger partial charge in [-0.3, -0.25) is 4.57 Å². The molecule has 0 aliphatic heterocycles. The summed E-state index contributed by atoms with van der Waals surface area (Å²) in [6.45, 7) is 8.43. The molecule has 3 unspecified atom stereocenters. The van der Waals surface area contributed by atoms with Gasteiger partial charge in [0.05, 0.1) is 0 Å². The fourth-order valence-corrected chi connectivity index (χ4v) is 4.36. The van der Waals surface area contributed by atoms with Crippen molar-refractivity contribution in [2.45, 2.75) is 84.7 Å². The van der Waals surface area contributed by atoms with Crippen LogP contribution in [0.2, 0.25) is 0 Å². The van der Waals surface area contributed by atoms with Crippen LogP contribution in [-0.2, 0) is 4.57 Å². The van der Waals surface area contributed by atoms with Crippen LogP contribution in [0.15, 0.2) is 0 Å². The Morgan fingerprint density at radius 1 is 0.944 bits per heavy atom. The lowest BCUT2D eigenvalue weighted by Crippen LogP contribution is -2.11. The van der Waals surface area contributed by atoms with Crippen LogP contribution < -0.4 is 0 Å². The molecule has 0 saturated heterocycles. The molecule has 3 atom stereocenters. The third kappa shape index (κ3) is 8.32. The molecule has 0 saturated carbocycles. The lowest BCUT2D eigenvalue weighted by molar-refractivity contribution is 0.437. The van der Waals surface area contributed by atoms with Crippen molar-refractivity contribution < 1.29 is 9.46 Å². The van der Waals surface area contributed by atoms with E-state index in [9.17, 15) is 9.46 Å². The van der Waals surface area contributed by atoms with Gasteiger partial charge in [-0.05, 0) is 12.3 Å². The van der Waals surface area contributed by atoms with Crippen LogP contribution in [0.5, 0.6) is 0 Å². The van der Waals surface area contributed by atoms with Crippen molar-refractivity contribution >= 4 is 7.37 Å². The minimum atomic E-state index is -2.93. The molecule has 2 nitrogen and oxygen atoms in total. The molecule has 0 aromatic carbocycles. The van der Waals surface area contributed by atoms with Crippen molar-refractivity contribution in [3.8, 4) is 0 Å². The first-order valence-corrected chi connectivity index (χ1v) is 9.66. The van der Waals surface area contributed by atoms with Crippen molar-refractivity contribution in [1.82, 2.24) is 0 Å². The van der Waals surface area contributed by atoms with Crippen LogP contribution in [-0.4, -0.2) is 16.7 Å². The molecule has 0 fully saturated rings. The van der Waals surface area contributed by atoms with Crippen molar-refractivity contribution in [3.63, 3.8) is 0 Å². The van der Waals surface area contributed by atoms with Crippen LogP contribution in [0, 0.1) is 5.92 Å². The Morgan fingerprint density at radius 3 is 2.11 bits per heavy atom. The number of unbranched alkanes of at least 4 members (excludes halogenated alkanes) is 4. The second-order valence-corrected chi connectivity index (χ2v) is 8.64. The van der Waals surface area contributed by atoms with Crippen molar-refractivity contribution in [3.05, 3.63) is 0 Å². The predicted molar refractivity (Wildman–Crippen MR) is 81.6 cm³/mol. The van der Waals surface area contributed by atoms with Gasteiger partial charge in [-0.15, -0.1) is 0 Å². The Morgan fingerprint density at radius 2 is 1.56 bits per heavy atom. The van der Waals surface area contributed by atoms with Gasteiger partial charge in [0.15, 0.2) is 0 Å². The fourth-order valence-electron chi connectivity index (χ4n) is 2.34. The summed E-state index contributed by atoms with van der Waals surface area (Å²) in [5.41, 5.74) is -0.0153. The zero-order valence-electron chi connectivity index (χ0n) is 12.8. The Labute approximate surface area is 114 Å². The topological polar surface area (TPSA) is 37.3 Å². The summed E-state index contributed by atoms with van der Waals surface area (Å²) in [5, 5.41) is 0. The van der Waals surface area contributed by atoms with E-state index in [4.69, 9.17) is 0 Å². The summed E-state index contributed by atoms with van der Waals surface area (Å²) in [6.07, 6.45) is 9.63. The van der Waals surface area contributed by atoms with E-state index in [1.54, 1.807) is 0 Å². The number of rotatable bonds is 11. The lowest BCUT2D eigenvalue weighted by Gasteiger charge is -2.22. The van der Waals surface area contributed by atoms with Gasteiger partial charge in [-0.25, -0.2) is 0 Å². The molecule has 0 heterocycles. The minimum absolute atomic E-state index is 0.0153. The molecule has 3 heteroatoms. The van der Waals surface area contributed by atoms with E-state index < -0.39 is 7.37 Å². The highest BCUT2D eigenvalue weighted by Crippen LogP contribution is 2.50. The molecule has 0 aromatic heterocycles. The minimum Gasteiger partial charge on any atom is -0.344 e. The van der Waals surface area contributed by atoms with Gasteiger partial charge >= 0.3 is 0 Å². The maximum Gasteiger partial charge on any atom is 0.203 e. The molecule has 0 radical (unpaired) electrons. The van der Waals surface area contributed by atoms with Gasteiger partial charge in [0.25, 0.3) is 0 Å². The molecular weight excluding hydrogens is 243 g/mol. The summed E-state index contributed by atoms with van der Waals surface area (Å²) in [7, 11) is -2.93. The van der Waals surface area contributed by atoms with E-state index in [0.717, 1.165) is 19.3 Å². The van der Waals surface area contributed by atoms with Gasteiger partial charge in [-0.2, -0.15) is 0 Å². The standard InChI is InChI=1S/C15H33O2P/c1-5-7-9-10-12-15(4)18(16,17)13-14(3)11-8-6-2/h14-15H,5-13H2,1-4H3,(H,16,17). The Hall–Kier alpha value is 0.190. The van der Waals surface area contributed by atoms with Crippen molar-refractivity contribution in [2.75, 3.05) is 6.16 Å². The molecule has 1 N–H and O–H groups in total. The van der Waals surface area contributed by atoms with E-state index >= 15 is 0 Å². The molecule has 110 valence electrons. The van der Waals surface area contributed by atoms with E-state index in [0.29, 0.717) is 12.1 Å². The van der Waals surface area contributed by atoms with Crippen LogP contribution in [0.1, 0.15) is 79.1 Å². The second kappa shape index (κ2) is 10.0. The first-order chi connectivity index (χ1) is 8.44. The molecule has 0 aliphatic carbocycles. The van der Waals surface area contributed by atoms with Crippen LogP contribution in [0.4, 0.5) is 0 Å². The fraction of sp³-hybridized carbons (Fsp3) is 1.00. The number of hydrogen-bond acceptors (Lipinski definition) is 1. The average molecular weight is 276 g/mol. The monoisotopic (exact) mass is 276 g/mol. The predicted octanol–water partition coefficient (Wildman–Crippen LogP) is 5.44. The van der Waals surface area contributed by atoms with Gasteiger partial charge in [0, 0.05) is 11.8 Å². The highest BCUT2D eigenvalue weighted by atomic mass is 31.2. The van der Waals surface area contributed by atoms with Gasteiger partial charge in [-0.1, -0.05) is 72.6 Å². The average Bonchev–Trinajstić information content (AvgIpc) is 2.31. The molecule has 0 aliphatic rings. The third-order valence-corrected chi connectivity index (χ3v) is 6.57. The SMILES string of the molecule is CCCCCCC(C)P(=O)(O)CC(C)CCCC. The van der Waals surface area contributed by atoms with Gasteiger partial charge < -0.3 is 4.89 Å². The van der Waals surface area contributed by atoms with E-state index in [1.165, 1.54) is 32.1 Å². The van der Waals surface area contributed by atoms with E-state index in [-0.39, 0.29) is 5.66 Å². The quantitative estimate of drug-likeness (QED) is 0.403. The Kier molecular flexibility index (Phi) is 10.1. The maximum absolute atomic E-state index is 12.3. The molecule has 0 rings (SSSR count). The second-order valence-electron chi connectivity index (χ2n) is 5.88. The first-order valence-electron chi connectivity index (χ1n) is 7.75. The zero-order chi connectivity index (χ0) is 14.0. The Bertz CT molecular complexity index is 241. The highest BCUT2D eigenvalue weighted by Gasteiger charge is 2.28. The third-order valence-electron chi connectivity index (χ3n) is 3.79. The maximum atomic E-state index is 12.3. The smallest absolute Gasteiger partial charge is 0.203 e. The first kappa shape index (κ1) is 18.2. The molecule has 0 spiro atoms.